The van der Waals surface area contributed by atoms with Crippen LogP contribution >= 0.6 is 12.2 Å². The van der Waals surface area contributed by atoms with E-state index in [1.165, 1.54) is 0 Å². The summed E-state index contributed by atoms with van der Waals surface area (Å²) in [7, 11) is 0. The van der Waals surface area contributed by atoms with Gasteiger partial charge in [-0.3, -0.25) is 4.68 Å². The zero-order valence-corrected chi connectivity index (χ0v) is 22.6. The SMILES string of the molecule is CC(=S)c1nn(CC(C)C)cc1N(CC(C)C)C[C@@H](C)CCCCNC(=O)OC(C)(C)C. The van der Waals surface area contributed by atoms with Crippen LogP contribution in [0, 0.1) is 17.8 Å². The van der Waals surface area contributed by atoms with E-state index in [2.05, 4.69) is 51.0 Å². The number of alkyl carbamates (subject to hydrolysis) is 1. The number of rotatable bonds is 13. The van der Waals surface area contributed by atoms with E-state index in [1.54, 1.807) is 0 Å². The van der Waals surface area contributed by atoms with Crippen molar-refractivity contribution in [3.63, 3.8) is 0 Å². The van der Waals surface area contributed by atoms with E-state index in [4.69, 9.17) is 22.1 Å². The molecule has 0 radical (unpaired) electrons. The molecule has 0 aliphatic carbocycles. The Morgan fingerprint density at radius 2 is 1.81 bits per heavy atom. The van der Waals surface area contributed by atoms with Crippen molar-refractivity contribution in [3.05, 3.63) is 11.9 Å². The van der Waals surface area contributed by atoms with E-state index >= 15 is 0 Å². The van der Waals surface area contributed by atoms with Gasteiger partial charge in [-0.15, -0.1) is 0 Å². The molecule has 0 aromatic carbocycles. The standard InChI is InChI=1S/C25H46N4O2S/c1-18(2)14-28(22-17-29(15-19(3)4)27-23(22)21(6)32)16-20(5)12-10-11-13-26-24(30)31-25(7,8)9/h17-20H,10-16H2,1-9H3,(H,26,30)/t20-/m0/s1. The second-order valence-corrected chi connectivity index (χ2v) is 11.5. The van der Waals surface area contributed by atoms with E-state index in [0.29, 0.717) is 24.3 Å². The van der Waals surface area contributed by atoms with Gasteiger partial charge in [0.25, 0.3) is 0 Å². The molecule has 7 heteroatoms. The van der Waals surface area contributed by atoms with Crippen molar-refractivity contribution in [2.75, 3.05) is 24.5 Å². The average molecular weight is 467 g/mol. The van der Waals surface area contributed by atoms with Gasteiger partial charge in [0.05, 0.1) is 5.69 Å². The number of ether oxygens (including phenoxy) is 1. The molecule has 0 fully saturated rings. The van der Waals surface area contributed by atoms with Gasteiger partial charge in [0.1, 0.15) is 11.3 Å². The van der Waals surface area contributed by atoms with Gasteiger partial charge in [-0.25, -0.2) is 4.79 Å². The molecule has 1 aromatic heterocycles. The number of carbonyl (C=O) groups is 1. The number of nitrogens with zero attached hydrogens (tertiary/aromatic N) is 3. The molecule has 6 nitrogen and oxygen atoms in total. The normalized spacial score (nSPS) is 12.8. The van der Waals surface area contributed by atoms with Gasteiger partial charge >= 0.3 is 6.09 Å². The van der Waals surface area contributed by atoms with Crippen LogP contribution < -0.4 is 10.2 Å². The number of amides is 1. The first kappa shape index (κ1) is 28.4. The van der Waals surface area contributed by atoms with Crippen LogP contribution in [0.2, 0.25) is 0 Å². The molecular weight excluding hydrogens is 420 g/mol. The summed E-state index contributed by atoms with van der Waals surface area (Å²) < 4.78 is 7.33. The van der Waals surface area contributed by atoms with Gasteiger partial charge in [0.15, 0.2) is 0 Å². The number of nitrogens with one attached hydrogen (secondary N) is 1. The van der Waals surface area contributed by atoms with Crippen LogP contribution in [0.5, 0.6) is 0 Å². The molecule has 32 heavy (non-hydrogen) atoms. The molecule has 1 aromatic rings. The topological polar surface area (TPSA) is 59.4 Å². The number of thiocarbonyl (C=S) groups is 1. The third-order valence-corrected chi connectivity index (χ3v) is 5.07. The van der Waals surface area contributed by atoms with Crippen LogP contribution in [0.25, 0.3) is 0 Å². The monoisotopic (exact) mass is 466 g/mol. The zero-order valence-electron chi connectivity index (χ0n) is 21.8. The fourth-order valence-electron chi connectivity index (χ4n) is 3.66. The highest BCUT2D eigenvalue weighted by Crippen LogP contribution is 2.25. The van der Waals surface area contributed by atoms with Crippen molar-refractivity contribution in [2.45, 2.75) is 93.7 Å². The summed E-state index contributed by atoms with van der Waals surface area (Å²) in [6.45, 7) is 22.3. The molecule has 0 aliphatic heterocycles. The fourth-order valence-corrected chi connectivity index (χ4v) is 3.81. The maximum absolute atomic E-state index is 11.8. The first-order valence-corrected chi connectivity index (χ1v) is 12.5. The average Bonchev–Trinajstić information content (AvgIpc) is 3.02. The van der Waals surface area contributed by atoms with Gasteiger partial charge in [-0.2, -0.15) is 5.10 Å². The highest BCUT2D eigenvalue weighted by Gasteiger charge is 2.21. The fraction of sp³-hybridized carbons (Fsp3) is 0.800. The van der Waals surface area contributed by atoms with Gasteiger partial charge in [0, 0.05) is 37.2 Å². The summed E-state index contributed by atoms with van der Waals surface area (Å²) in [5.41, 5.74) is 1.64. The van der Waals surface area contributed by atoms with Gasteiger partial charge in [-0.05, 0) is 58.3 Å². The number of aromatic nitrogens is 2. The maximum atomic E-state index is 11.8. The number of anilines is 1. The van der Waals surface area contributed by atoms with Crippen LogP contribution in [-0.2, 0) is 11.3 Å². The number of unbranched alkanes of at least 4 members (excludes halogenated alkanes) is 1. The number of hydrogen-bond acceptors (Lipinski definition) is 5. The summed E-state index contributed by atoms with van der Waals surface area (Å²) in [6, 6.07) is 0. The van der Waals surface area contributed by atoms with Crippen molar-refractivity contribution >= 4 is 28.9 Å². The predicted octanol–water partition coefficient (Wildman–Crippen LogP) is 6.07. The van der Waals surface area contributed by atoms with Crippen LogP contribution in [-0.4, -0.2) is 46.0 Å². The van der Waals surface area contributed by atoms with E-state index < -0.39 is 5.60 Å². The Balaban J connectivity index is 2.67. The molecule has 0 bridgehead atoms. The van der Waals surface area contributed by atoms with Crippen LogP contribution in [0.1, 0.15) is 87.3 Å². The lowest BCUT2D eigenvalue weighted by atomic mass is 10.0. The second-order valence-electron chi connectivity index (χ2n) is 10.9. The summed E-state index contributed by atoms with van der Waals surface area (Å²) in [6.07, 6.45) is 4.96. The van der Waals surface area contributed by atoms with Crippen molar-refractivity contribution in [1.29, 1.82) is 0 Å². The van der Waals surface area contributed by atoms with E-state index in [9.17, 15) is 4.79 Å². The molecular formula is C25H46N4O2S. The van der Waals surface area contributed by atoms with Crippen LogP contribution in [0.15, 0.2) is 6.20 Å². The highest BCUT2D eigenvalue weighted by atomic mass is 32.1. The summed E-state index contributed by atoms with van der Waals surface area (Å²) in [5, 5.41) is 7.64. The molecule has 1 heterocycles. The molecule has 0 saturated carbocycles. The lowest BCUT2D eigenvalue weighted by Gasteiger charge is -2.29. The lowest BCUT2D eigenvalue weighted by Crippen LogP contribution is -2.33. The summed E-state index contributed by atoms with van der Waals surface area (Å²) >= 11 is 5.53. The molecule has 0 spiro atoms. The van der Waals surface area contributed by atoms with Gasteiger partial charge in [-0.1, -0.05) is 53.3 Å². The quantitative estimate of drug-likeness (QED) is 0.217. The molecule has 0 aliphatic rings. The molecule has 1 amide bonds. The first-order chi connectivity index (χ1) is 14.8. The Bertz CT molecular complexity index is 722. The first-order valence-electron chi connectivity index (χ1n) is 12.1. The minimum Gasteiger partial charge on any atom is -0.444 e. The molecule has 1 rings (SSSR count). The Morgan fingerprint density at radius 3 is 2.34 bits per heavy atom. The third kappa shape index (κ3) is 11.3. The Morgan fingerprint density at radius 1 is 1.16 bits per heavy atom. The predicted molar refractivity (Wildman–Crippen MR) is 139 cm³/mol. The molecule has 0 saturated heterocycles. The largest absolute Gasteiger partial charge is 0.444 e. The molecule has 1 N–H and O–H groups in total. The van der Waals surface area contributed by atoms with Crippen molar-refractivity contribution in [3.8, 4) is 0 Å². The maximum Gasteiger partial charge on any atom is 0.407 e. The minimum atomic E-state index is -0.457. The third-order valence-electron chi connectivity index (χ3n) is 4.88. The minimum absolute atomic E-state index is 0.338. The van der Waals surface area contributed by atoms with E-state index in [1.807, 2.05) is 32.4 Å². The number of carbonyl (C=O) groups excluding carboxylic acids is 1. The zero-order chi connectivity index (χ0) is 24.5. The van der Waals surface area contributed by atoms with Crippen LogP contribution in [0.3, 0.4) is 0 Å². The highest BCUT2D eigenvalue weighted by molar-refractivity contribution is 7.80. The smallest absolute Gasteiger partial charge is 0.407 e. The Labute approximate surface area is 201 Å². The van der Waals surface area contributed by atoms with Gasteiger partial charge < -0.3 is 15.0 Å². The van der Waals surface area contributed by atoms with Gasteiger partial charge in [0.2, 0.25) is 0 Å². The van der Waals surface area contributed by atoms with E-state index in [0.717, 1.165) is 55.1 Å². The Hall–Kier alpha value is -1.63. The van der Waals surface area contributed by atoms with Crippen molar-refractivity contribution in [2.24, 2.45) is 17.8 Å². The second kappa shape index (κ2) is 13.2. The number of hydrogen-bond donors (Lipinski definition) is 1. The Kier molecular flexibility index (Phi) is 11.7. The summed E-state index contributed by atoms with van der Waals surface area (Å²) in [5.74, 6) is 1.61. The van der Waals surface area contributed by atoms with E-state index in [-0.39, 0.29) is 6.09 Å². The van der Waals surface area contributed by atoms with Crippen molar-refractivity contribution < 1.29 is 9.53 Å². The lowest BCUT2D eigenvalue weighted by molar-refractivity contribution is 0.0527. The van der Waals surface area contributed by atoms with Crippen molar-refractivity contribution in [1.82, 2.24) is 15.1 Å². The summed E-state index contributed by atoms with van der Waals surface area (Å²) in [4.78, 5) is 15.1. The van der Waals surface area contributed by atoms with Crippen LogP contribution in [0.4, 0.5) is 10.5 Å². The molecule has 0 unspecified atom stereocenters. The molecule has 1 atom stereocenters. The molecule has 184 valence electrons.